The average Bonchev–Trinajstić information content (AvgIpc) is 2.50. The van der Waals surface area contributed by atoms with Crippen molar-refractivity contribution < 1.29 is 4.74 Å². The Morgan fingerprint density at radius 2 is 1.86 bits per heavy atom. The molecule has 0 radical (unpaired) electrons. The van der Waals surface area contributed by atoms with Gasteiger partial charge in [0, 0.05) is 23.2 Å². The van der Waals surface area contributed by atoms with Gasteiger partial charge >= 0.3 is 0 Å². The van der Waals surface area contributed by atoms with E-state index in [1.807, 2.05) is 18.2 Å². The second-order valence-corrected chi connectivity index (χ2v) is 6.27. The number of ether oxygens (including phenoxy) is 1. The van der Waals surface area contributed by atoms with Gasteiger partial charge in [-0.3, -0.25) is 0 Å². The van der Waals surface area contributed by atoms with E-state index < -0.39 is 0 Å². The number of hydrogen-bond donors (Lipinski definition) is 1. The lowest BCUT2D eigenvalue weighted by Gasteiger charge is -2.39. The minimum absolute atomic E-state index is 0.180. The SMILES string of the molecule is CCCNC(Cc1cc(Cl)ccc1Cl)C(CC)(CC)OC. The van der Waals surface area contributed by atoms with E-state index in [1.165, 1.54) is 0 Å². The van der Waals surface area contributed by atoms with Crippen LogP contribution in [-0.2, 0) is 11.2 Å². The van der Waals surface area contributed by atoms with Gasteiger partial charge in [-0.2, -0.15) is 0 Å². The summed E-state index contributed by atoms with van der Waals surface area (Å²) in [6.45, 7) is 7.48. The van der Waals surface area contributed by atoms with E-state index in [2.05, 4.69) is 26.1 Å². The minimum Gasteiger partial charge on any atom is -0.377 e. The summed E-state index contributed by atoms with van der Waals surface area (Å²) in [7, 11) is 1.80. The molecule has 1 N–H and O–H groups in total. The fraction of sp³-hybridized carbons (Fsp3) is 0.647. The van der Waals surface area contributed by atoms with Crippen LogP contribution in [0.2, 0.25) is 10.0 Å². The van der Waals surface area contributed by atoms with Gasteiger partial charge < -0.3 is 10.1 Å². The van der Waals surface area contributed by atoms with Gasteiger partial charge in [0.15, 0.2) is 0 Å². The minimum atomic E-state index is -0.180. The third-order valence-corrected chi connectivity index (χ3v) is 4.91. The highest BCUT2D eigenvalue weighted by Crippen LogP contribution is 2.29. The summed E-state index contributed by atoms with van der Waals surface area (Å²) in [6.07, 6.45) is 3.82. The van der Waals surface area contributed by atoms with Crippen molar-refractivity contribution in [3.05, 3.63) is 33.8 Å². The molecule has 0 saturated heterocycles. The molecule has 2 nitrogen and oxygen atoms in total. The van der Waals surface area contributed by atoms with E-state index in [0.29, 0.717) is 0 Å². The molecule has 4 heteroatoms. The number of hydrogen-bond acceptors (Lipinski definition) is 2. The molecule has 0 saturated carbocycles. The number of nitrogens with one attached hydrogen (secondary N) is 1. The molecule has 0 fully saturated rings. The maximum absolute atomic E-state index is 6.33. The zero-order valence-electron chi connectivity index (χ0n) is 13.5. The third kappa shape index (κ3) is 4.85. The molecule has 0 aromatic heterocycles. The first kappa shape index (κ1) is 18.8. The first-order chi connectivity index (χ1) is 10.0. The second kappa shape index (κ2) is 8.99. The lowest BCUT2D eigenvalue weighted by Crippen LogP contribution is -2.53. The van der Waals surface area contributed by atoms with Crippen molar-refractivity contribution in [2.45, 2.75) is 58.1 Å². The first-order valence-corrected chi connectivity index (χ1v) is 8.51. The summed E-state index contributed by atoms with van der Waals surface area (Å²) in [4.78, 5) is 0. The molecule has 0 heterocycles. The molecule has 0 amide bonds. The summed E-state index contributed by atoms with van der Waals surface area (Å²) in [6, 6.07) is 5.86. The monoisotopic (exact) mass is 331 g/mol. The van der Waals surface area contributed by atoms with Crippen molar-refractivity contribution in [2.75, 3.05) is 13.7 Å². The van der Waals surface area contributed by atoms with Crippen LogP contribution >= 0.6 is 23.2 Å². The topological polar surface area (TPSA) is 21.3 Å². The second-order valence-electron chi connectivity index (χ2n) is 5.42. The Labute approximate surface area is 139 Å². The smallest absolute Gasteiger partial charge is 0.0828 e. The first-order valence-electron chi connectivity index (χ1n) is 7.75. The van der Waals surface area contributed by atoms with Gasteiger partial charge in [-0.1, -0.05) is 44.0 Å². The fourth-order valence-corrected chi connectivity index (χ4v) is 3.25. The lowest BCUT2D eigenvalue weighted by atomic mass is 9.84. The highest BCUT2D eigenvalue weighted by atomic mass is 35.5. The van der Waals surface area contributed by atoms with E-state index in [4.69, 9.17) is 27.9 Å². The van der Waals surface area contributed by atoms with Crippen LogP contribution < -0.4 is 5.32 Å². The van der Waals surface area contributed by atoms with Gasteiger partial charge in [0.25, 0.3) is 0 Å². The molecule has 0 aliphatic carbocycles. The Balaban J connectivity index is 3.04. The predicted molar refractivity (Wildman–Crippen MR) is 92.6 cm³/mol. The van der Waals surface area contributed by atoms with Crippen LogP contribution in [0.3, 0.4) is 0 Å². The van der Waals surface area contributed by atoms with Crippen LogP contribution in [0.1, 0.15) is 45.6 Å². The molecular weight excluding hydrogens is 305 g/mol. The number of rotatable bonds is 9. The Morgan fingerprint density at radius 1 is 1.19 bits per heavy atom. The normalized spacial score (nSPS) is 13.4. The Bertz CT molecular complexity index is 425. The molecule has 0 aliphatic rings. The van der Waals surface area contributed by atoms with Crippen LogP contribution in [0.25, 0.3) is 0 Å². The van der Waals surface area contributed by atoms with E-state index in [1.54, 1.807) is 7.11 Å². The number of halogens is 2. The van der Waals surface area contributed by atoms with Gasteiger partial charge in [-0.05, 0) is 56.0 Å². The summed E-state index contributed by atoms with van der Waals surface area (Å²) in [5, 5.41) is 5.12. The quantitative estimate of drug-likeness (QED) is 0.678. The van der Waals surface area contributed by atoms with Crippen molar-refractivity contribution in [3.63, 3.8) is 0 Å². The number of benzene rings is 1. The van der Waals surface area contributed by atoms with Crippen molar-refractivity contribution in [1.29, 1.82) is 0 Å². The molecule has 0 aliphatic heterocycles. The van der Waals surface area contributed by atoms with Crippen molar-refractivity contribution in [2.24, 2.45) is 0 Å². The van der Waals surface area contributed by atoms with Crippen LogP contribution in [0.4, 0.5) is 0 Å². The van der Waals surface area contributed by atoms with E-state index in [0.717, 1.165) is 47.8 Å². The molecule has 120 valence electrons. The third-order valence-electron chi connectivity index (χ3n) is 4.31. The molecule has 0 spiro atoms. The number of methoxy groups -OCH3 is 1. The van der Waals surface area contributed by atoms with Gasteiger partial charge in [-0.25, -0.2) is 0 Å². The summed E-state index contributed by atoms with van der Waals surface area (Å²) >= 11 is 12.4. The van der Waals surface area contributed by atoms with Crippen molar-refractivity contribution in [3.8, 4) is 0 Å². The average molecular weight is 332 g/mol. The fourth-order valence-electron chi connectivity index (χ4n) is 2.86. The maximum atomic E-state index is 6.33. The van der Waals surface area contributed by atoms with Crippen LogP contribution in [0.15, 0.2) is 18.2 Å². The molecule has 1 aromatic rings. The Morgan fingerprint density at radius 3 is 2.38 bits per heavy atom. The standard InChI is InChI=1S/C17H27Cl2NO/c1-5-10-20-16(17(6-2,7-3)21-4)12-13-11-14(18)8-9-15(13)19/h8-9,11,16,20H,5-7,10,12H2,1-4H3. The van der Waals surface area contributed by atoms with E-state index in [9.17, 15) is 0 Å². The maximum Gasteiger partial charge on any atom is 0.0828 e. The molecule has 1 unspecified atom stereocenters. The summed E-state index contributed by atoms with van der Waals surface area (Å²) in [5.41, 5.74) is 0.891. The predicted octanol–water partition coefficient (Wildman–Crippen LogP) is 5.11. The molecule has 1 rings (SSSR count). The molecule has 1 aromatic carbocycles. The van der Waals surface area contributed by atoms with E-state index in [-0.39, 0.29) is 11.6 Å². The van der Waals surface area contributed by atoms with Gasteiger partial charge in [0.2, 0.25) is 0 Å². The zero-order valence-corrected chi connectivity index (χ0v) is 15.0. The molecule has 21 heavy (non-hydrogen) atoms. The molecule has 1 atom stereocenters. The van der Waals surface area contributed by atoms with Crippen molar-refractivity contribution >= 4 is 23.2 Å². The highest BCUT2D eigenvalue weighted by Gasteiger charge is 2.35. The summed E-state index contributed by atoms with van der Waals surface area (Å²) in [5.74, 6) is 0. The van der Waals surface area contributed by atoms with Crippen LogP contribution in [0, 0.1) is 0 Å². The molecule has 0 bridgehead atoms. The van der Waals surface area contributed by atoms with Gasteiger partial charge in [-0.15, -0.1) is 0 Å². The highest BCUT2D eigenvalue weighted by molar-refractivity contribution is 6.33. The zero-order chi connectivity index (χ0) is 15.9. The lowest BCUT2D eigenvalue weighted by molar-refractivity contribution is -0.0471. The van der Waals surface area contributed by atoms with Crippen LogP contribution in [-0.4, -0.2) is 25.3 Å². The Hall–Kier alpha value is -0.280. The van der Waals surface area contributed by atoms with E-state index >= 15 is 0 Å². The Kier molecular flexibility index (Phi) is 8.04. The van der Waals surface area contributed by atoms with Crippen molar-refractivity contribution in [1.82, 2.24) is 5.32 Å². The largest absolute Gasteiger partial charge is 0.377 e. The summed E-state index contributed by atoms with van der Waals surface area (Å²) < 4.78 is 5.90. The molecular formula is C17H27Cl2NO. The van der Waals surface area contributed by atoms with Crippen LogP contribution in [0.5, 0.6) is 0 Å². The van der Waals surface area contributed by atoms with Gasteiger partial charge in [0.05, 0.1) is 5.60 Å². The van der Waals surface area contributed by atoms with Gasteiger partial charge in [0.1, 0.15) is 0 Å².